The first-order chi connectivity index (χ1) is 15.8. The van der Waals surface area contributed by atoms with Crippen molar-refractivity contribution in [2.45, 2.75) is 19.1 Å². The number of fused-ring (bicyclic) bond motifs is 1. The van der Waals surface area contributed by atoms with E-state index < -0.39 is 11.7 Å². The molecule has 1 N–H and O–H groups in total. The summed E-state index contributed by atoms with van der Waals surface area (Å²) in [4.78, 5) is 12.5. The van der Waals surface area contributed by atoms with Crippen LogP contribution in [0, 0.1) is 11.3 Å². The highest BCUT2D eigenvalue weighted by Gasteiger charge is 2.33. The van der Waals surface area contributed by atoms with Crippen molar-refractivity contribution in [3.05, 3.63) is 76.4 Å². The van der Waals surface area contributed by atoms with Crippen molar-refractivity contribution < 1.29 is 22.6 Å². The fourth-order valence-electron chi connectivity index (χ4n) is 3.50. The van der Waals surface area contributed by atoms with E-state index in [1.54, 1.807) is 25.3 Å². The van der Waals surface area contributed by atoms with Gasteiger partial charge in [0.1, 0.15) is 6.07 Å². The smallest absolute Gasteiger partial charge is 0.417 e. The van der Waals surface area contributed by atoms with Crippen LogP contribution in [0.4, 0.5) is 19.1 Å². The lowest BCUT2D eigenvalue weighted by atomic mass is 10.0. The Balaban J connectivity index is 1.63. The van der Waals surface area contributed by atoms with Gasteiger partial charge in [0.05, 0.1) is 42.9 Å². The van der Waals surface area contributed by atoms with E-state index in [1.165, 1.54) is 13.3 Å². The number of rotatable bonds is 6. The van der Waals surface area contributed by atoms with Gasteiger partial charge in [-0.2, -0.15) is 18.4 Å². The normalized spacial score (nSPS) is 12.5. The van der Waals surface area contributed by atoms with Crippen molar-refractivity contribution in [3.8, 4) is 17.6 Å². The van der Waals surface area contributed by atoms with Gasteiger partial charge < -0.3 is 14.8 Å². The van der Waals surface area contributed by atoms with Crippen molar-refractivity contribution >= 4 is 11.5 Å². The van der Waals surface area contributed by atoms with Crippen LogP contribution in [-0.4, -0.2) is 29.2 Å². The molecule has 168 valence electrons. The second-order valence-corrected chi connectivity index (χ2v) is 7.15. The third kappa shape index (κ3) is 4.43. The molecule has 0 bridgehead atoms. The molecule has 0 atom stereocenters. The molecule has 2 aromatic heterocycles. The maximum atomic E-state index is 13.2. The molecule has 0 spiro atoms. The predicted molar refractivity (Wildman–Crippen MR) is 114 cm³/mol. The van der Waals surface area contributed by atoms with E-state index in [0.29, 0.717) is 41.3 Å². The van der Waals surface area contributed by atoms with Crippen molar-refractivity contribution in [1.29, 1.82) is 5.26 Å². The zero-order chi connectivity index (χ0) is 23.6. The number of ether oxygens (including phenoxy) is 2. The Morgan fingerprint density at radius 2 is 1.88 bits per heavy atom. The molecular weight excluding hydrogens is 435 g/mol. The zero-order valence-electron chi connectivity index (χ0n) is 17.7. The number of aromatic nitrogens is 3. The Kier molecular flexibility index (Phi) is 5.87. The van der Waals surface area contributed by atoms with E-state index in [2.05, 4.69) is 20.3 Å². The van der Waals surface area contributed by atoms with Crippen LogP contribution in [0.25, 0.3) is 5.57 Å². The molecule has 0 saturated carbocycles. The summed E-state index contributed by atoms with van der Waals surface area (Å²) in [6, 6.07) is 8.47. The van der Waals surface area contributed by atoms with Gasteiger partial charge in [-0.15, -0.1) is 0 Å². The van der Waals surface area contributed by atoms with Gasteiger partial charge in [0.25, 0.3) is 0 Å². The summed E-state index contributed by atoms with van der Waals surface area (Å²) in [7, 11) is 3.09. The highest BCUT2D eigenvalue weighted by molar-refractivity contribution is 5.85. The number of nitrogens with one attached hydrogen (secondary N) is 1. The first-order valence-corrected chi connectivity index (χ1v) is 9.83. The first kappa shape index (κ1) is 22.1. The van der Waals surface area contributed by atoms with Crippen LogP contribution in [0.2, 0.25) is 0 Å². The Morgan fingerprint density at radius 3 is 2.58 bits per heavy atom. The van der Waals surface area contributed by atoms with Gasteiger partial charge in [0.2, 0.25) is 5.95 Å². The number of methoxy groups -OCH3 is 2. The van der Waals surface area contributed by atoms with Crippen LogP contribution in [0.5, 0.6) is 11.5 Å². The van der Waals surface area contributed by atoms with E-state index >= 15 is 0 Å². The third-order valence-corrected chi connectivity index (χ3v) is 5.15. The number of nitriles is 1. The number of allylic oxidation sites excluding steroid dienone is 1. The predicted octanol–water partition coefficient (Wildman–Crippen LogP) is 4.38. The number of hydrogen-bond donors (Lipinski definition) is 1. The Morgan fingerprint density at radius 1 is 1.09 bits per heavy atom. The summed E-state index contributed by atoms with van der Waals surface area (Å²) < 4.78 is 50.1. The van der Waals surface area contributed by atoms with Gasteiger partial charge in [-0.05, 0) is 23.8 Å². The number of hydrogen-bond acceptors (Lipinski definition) is 7. The Labute approximate surface area is 187 Å². The van der Waals surface area contributed by atoms with Gasteiger partial charge in [-0.1, -0.05) is 12.1 Å². The molecule has 0 unspecified atom stereocenters. The minimum Gasteiger partial charge on any atom is -0.493 e. The van der Waals surface area contributed by atoms with Gasteiger partial charge in [-0.3, -0.25) is 4.98 Å². The molecule has 0 aliphatic heterocycles. The molecule has 10 heteroatoms. The molecule has 0 fully saturated rings. The van der Waals surface area contributed by atoms with Gasteiger partial charge in [0, 0.05) is 30.3 Å². The first-order valence-electron chi connectivity index (χ1n) is 9.83. The number of alkyl halides is 3. The second-order valence-electron chi connectivity index (χ2n) is 7.15. The number of halogens is 3. The van der Waals surface area contributed by atoms with Crippen LogP contribution in [0.1, 0.15) is 33.6 Å². The van der Waals surface area contributed by atoms with Crippen molar-refractivity contribution in [3.63, 3.8) is 0 Å². The summed E-state index contributed by atoms with van der Waals surface area (Å²) >= 11 is 0. The quantitative estimate of drug-likeness (QED) is 0.592. The minimum absolute atomic E-state index is 0.156. The summed E-state index contributed by atoms with van der Waals surface area (Å²) in [6.07, 6.45) is -0.285. The maximum Gasteiger partial charge on any atom is 0.417 e. The molecule has 1 aromatic carbocycles. The van der Waals surface area contributed by atoms with E-state index in [-0.39, 0.29) is 17.2 Å². The lowest BCUT2D eigenvalue weighted by molar-refractivity contribution is -0.137. The summed E-state index contributed by atoms with van der Waals surface area (Å²) in [5, 5.41) is 12.6. The summed E-state index contributed by atoms with van der Waals surface area (Å²) in [6.45, 7) is 0.348. The molecule has 0 saturated heterocycles. The molecule has 7 nitrogen and oxygen atoms in total. The van der Waals surface area contributed by atoms with Crippen molar-refractivity contribution in [1.82, 2.24) is 15.0 Å². The molecule has 33 heavy (non-hydrogen) atoms. The van der Waals surface area contributed by atoms with E-state index in [9.17, 15) is 18.4 Å². The average molecular weight is 453 g/mol. The lowest BCUT2D eigenvalue weighted by Gasteiger charge is -2.13. The molecule has 4 rings (SSSR count). The standard InChI is InChI=1S/C23H18F3N5O2/c1-32-19-6-3-13(7-20(19)33-2)10-29-22-30-11-14(9-27)21(31-22)16-4-5-18-17(16)8-15(12-28-18)23(24,25)26/h3-4,6-8,11-12H,5,10H2,1-2H3,(H,29,30,31). The highest BCUT2D eigenvalue weighted by Crippen LogP contribution is 2.37. The summed E-state index contributed by atoms with van der Waals surface area (Å²) in [5.41, 5.74) is 1.66. The molecule has 1 aliphatic rings. The van der Waals surface area contributed by atoms with Crippen molar-refractivity contribution in [2.75, 3.05) is 19.5 Å². The minimum atomic E-state index is -4.52. The maximum absolute atomic E-state index is 13.2. The van der Waals surface area contributed by atoms with Crippen LogP contribution < -0.4 is 14.8 Å². The van der Waals surface area contributed by atoms with E-state index in [1.807, 2.05) is 12.1 Å². The molecule has 0 radical (unpaired) electrons. The molecule has 3 aromatic rings. The van der Waals surface area contributed by atoms with E-state index in [4.69, 9.17) is 9.47 Å². The number of anilines is 1. The third-order valence-electron chi connectivity index (χ3n) is 5.15. The van der Waals surface area contributed by atoms with Crippen LogP contribution in [-0.2, 0) is 19.1 Å². The largest absolute Gasteiger partial charge is 0.493 e. The lowest BCUT2D eigenvalue weighted by Crippen LogP contribution is -2.09. The number of pyridine rings is 1. The van der Waals surface area contributed by atoms with Gasteiger partial charge >= 0.3 is 6.18 Å². The van der Waals surface area contributed by atoms with Crippen LogP contribution in [0.3, 0.4) is 0 Å². The Bertz CT molecular complexity index is 1280. The van der Waals surface area contributed by atoms with E-state index in [0.717, 1.165) is 17.8 Å². The number of benzene rings is 1. The fraction of sp³-hybridized carbons (Fsp3) is 0.217. The van der Waals surface area contributed by atoms with Crippen LogP contribution >= 0.6 is 0 Å². The SMILES string of the molecule is COc1ccc(CNc2ncc(C#N)c(C3=CCc4ncc(C(F)(F)F)cc43)n2)cc1OC. The zero-order valence-corrected chi connectivity index (χ0v) is 17.7. The van der Waals surface area contributed by atoms with Crippen LogP contribution in [0.15, 0.2) is 42.7 Å². The highest BCUT2D eigenvalue weighted by atomic mass is 19.4. The average Bonchev–Trinajstić information content (AvgIpc) is 3.25. The second kappa shape index (κ2) is 8.78. The monoisotopic (exact) mass is 453 g/mol. The number of nitrogens with zero attached hydrogens (tertiary/aromatic N) is 4. The molecule has 1 aliphatic carbocycles. The fourth-order valence-corrected chi connectivity index (χ4v) is 3.50. The molecule has 0 amide bonds. The summed E-state index contributed by atoms with van der Waals surface area (Å²) in [5.74, 6) is 1.39. The van der Waals surface area contributed by atoms with Gasteiger partial charge in [-0.25, -0.2) is 9.97 Å². The van der Waals surface area contributed by atoms with Crippen molar-refractivity contribution in [2.24, 2.45) is 0 Å². The molecule has 2 heterocycles. The topological polar surface area (TPSA) is 93.0 Å². The molecular formula is C23H18F3N5O2. The Hall–Kier alpha value is -4.13. The van der Waals surface area contributed by atoms with Gasteiger partial charge in [0.15, 0.2) is 11.5 Å².